The number of amidine groups is 1. The molecule has 7 heteroatoms. The number of rotatable bonds is 7. The first-order valence-electron chi connectivity index (χ1n) is 9.09. The summed E-state index contributed by atoms with van der Waals surface area (Å²) >= 11 is 5.86. The summed E-state index contributed by atoms with van der Waals surface area (Å²) in [6.45, 7) is 2.59. The van der Waals surface area contributed by atoms with Crippen molar-refractivity contribution in [2.75, 3.05) is 11.6 Å². The van der Waals surface area contributed by atoms with E-state index in [0.717, 1.165) is 18.5 Å². The van der Waals surface area contributed by atoms with Gasteiger partial charge in [0.25, 0.3) is 0 Å². The minimum absolute atomic E-state index is 0.130. The average molecular weight is 400 g/mol. The minimum atomic E-state index is -0.840. The summed E-state index contributed by atoms with van der Waals surface area (Å²) in [6.07, 6.45) is 3.52. The van der Waals surface area contributed by atoms with Crippen LogP contribution >= 0.6 is 11.6 Å². The number of ether oxygens (including phenoxy) is 2. The van der Waals surface area contributed by atoms with Gasteiger partial charge in [0.1, 0.15) is 17.5 Å². The van der Waals surface area contributed by atoms with Gasteiger partial charge in [-0.15, -0.1) is 0 Å². The van der Waals surface area contributed by atoms with Gasteiger partial charge in [-0.3, -0.25) is 4.79 Å². The molecule has 0 saturated heterocycles. The number of hydrogen-bond donors (Lipinski definition) is 1. The van der Waals surface area contributed by atoms with Gasteiger partial charge in [0.2, 0.25) is 5.88 Å². The second-order valence-electron chi connectivity index (χ2n) is 6.23. The van der Waals surface area contributed by atoms with Crippen LogP contribution in [0, 0.1) is 5.92 Å². The van der Waals surface area contributed by atoms with Crippen LogP contribution < -0.4 is 15.5 Å². The normalized spacial score (nSPS) is 16.2. The molecule has 0 aliphatic carbocycles. The van der Waals surface area contributed by atoms with Gasteiger partial charge in [-0.25, -0.2) is 0 Å². The van der Waals surface area contributed by atoms with E-state index in [-0.39, 0.29) is 5.84 Å². The second kappa shape index (κ2) is 9.28. The standard InChI is InChI=1S/C21H22ClN3O3/c1-2-3-13-27-19-14-18(21(26)28-17-11-9-15(22)10-12-17)20(23)24-25(19)16-7-5-4-6-8-16/h4-12,14,18H,2-3,13H2,1H3,(H2,23,24). The number of carbonyl (C=O) groups is 1. The third-order valence-electron chi connectivity index (χ3n) is 4.09. The van der Waals surface area contributed by atoms with Crippen LogP contribution in [0.5, 0.6) is 5.75 Å². The summed E-state index contributed by atoms with van der Waals surface area (Å²) in [5.74, 6) is -0.410. The Morgan fingerprint density at radius 3 is 2.57 bits per heavy atom. The van der Waals surface area contributed by atoms with Crippen LogP contribution in [0.3, 0.4) is 0 Å². The minimum Gasteiger partial charge on any atom is -0.478 e. The monoisotopic (exact) mass is 399 g/mol. The smallest absolute Gasteiger partial charge is 0.326 e. The highest BCUT2D eigenvalue weighted by atomic mass is 35.5. The third kappa shape index (κ3) is 4.84. The topological polar surface area (TPSA) is 77.1 Å². The molecule has 2 aromatic rings. The number of nitrogens with two attached hydrogens (primary N) is 1. The van der Waals surface area contributed by atoms with E-state index in [1.165, 1.54) is 0 Å². The average Bonchev–Trinajstić information content (AvgIpc) is 2.71. The van der Waals surface area contributed by atoms with Crippen molar-refractivity contribution >= 4 is 29.1 Å². The van der Waals surface area contributed by atoms with Gasteiger partial charge in [-0.2, -0.15) is 10.1 Å². The number of hydrazone groups is 1. The van der Waals surface area contributed by atoms with E-state index in [9.17, 15) is 4.79 Å². The highest BCUT2D eigenvalue weighted by Gasteiger charge is 2.31. The molecule has 6 nitrogen and oxygen atoms in total. The SMILES string of the molecule is CCCCOC1=CC(C(=O)Oc2ccc(Cl)cc2)C(N)=NN1c1ccccc1. The molecule has 0 spiro atoms. The van der Waals surface area contributed by atoms with Gasteiger partial charge < -0.3 is 15.2 Å². The zero-order valence-corrected chi connectivity index (χ0v) is 16.3. The van der Waals surface area contributed by atoms with Crippen molar-refractivity contribution in [2.24, 2.45) is 16.8 Å². The third-order valence-corrected chi connectivity index (χ3v) is 4.34. The maximum atomic E-state index is 12.6. The lowest BCUT2D eigenvalue weighted by Crippen LogP contribution is -2.39. The zero-order chi connectivity index (χ0) is 19.9. The molecule has 0 fully saturated rings. The Morgan fingerprint density at radius 1 is 1.18 bits per heavy atom. The number of unbranched alkanes of at least 4 members (excludes halogenated alkanes) is 1. The summed E-state index contributed by atoms with van der Waals surface area (Å²) in [5, 5.41) is 6.54. The van der Waals surface area contributed by atoms with Crippen molar-refractivity contribution in [3.8, 4) is 5.75 Å². The number of anilines is 1. The molecule has 0 radical (unpaired) electrons. The van der Waals surface area contributed by atoms with E-state index in [0.29, 0.717) is 23.3 Å². The molecule has 3 rings (SSSR count). The molecule has 1 aliphatic heterocycles. The van der Waals surface area contributed by atoms with Crippen LogP contribution in [-0.2, 0) is 9.53 Å². The van der Waals surface area contributed by atoms with Crippen molar-refractivity contribution in [2.45, 2.75) is 19.8 Å². The Morgan fingerprint density at radius 2 is 1.89 bits per heavy atom. The highest BCUT2D eigenvalue weighted by molar-refractivity contribution is 6.30. The predicted octanol–water partition coefficient (Wildman–Crippen LogP) is 4.31. The molecular weight excluding hydrogens is 378 g/mol. The maximum absolute atomic E-state index is 12.6. The lowest BCUT2D eigenvalue weighted by atomic mass is 10.1. The molecule has 28 heavy (non-hydrogen) atoms. The maximum Gasteiger partial charge on any atom is 0.326 e. The fourth-order valence-electron chi connectivity index (χ4n) is 2.58. The molecule has 2 N–H and O–H groups in total. The lowest BCUT2D eigenvalue weighted by molar-refractivity contribution is -0.135. The van der Waals surface area contributed by atoms with Crippen LogP contribution in [0.15, 0.2) is 71.7 Å². The van der Waals surface area contributed by atoms with E-state index in [1.54, 1.807) is 35.4 Å². The van der Waals surface area contributed by atoms with E-state index in [2.05, 4.69) is 12.0 Å². The Labute approximate surface area is 169 Å². The van der Waals surface area contributed by atoms with Crippen molar-refractivity contribution in [1.29, 1.82) is 0 Å². The van der Waals surface area contributed by atoms with Gasteiger partial charge in [0, 0.05) is 5.02 Å². The zero-order valence-electron chi connectivity index (χ0n) is 15.5. The number of esters is 1. The number of hydrogen-bond acceptors (Lipinski definition) is 6. The molecule has 2 aromatic carbocycles. The summed E-state index contributed by atoms with van der Waals surface area (Å²) in [4.78, 5) is 12.6. The Kier molecular flexibility index (Phi) is 6.55. The number of para-hydroxylation sites is 1. The molecular formula is C21H22ClN3O3. The summed E-state index contributed by atoms with van der Waals surface area (Å²) in [7, 11) is 0. The highest BCUT2D eigenvalue weighted by Crippen LogP contribution is 2.26. The van der Waals surface area contributed by atoms with Crippen molar-refractivity contribution in [1.82, 2.24) is 0 Å². The lowest BCUT2D eigenvalue weighted by Gasteiger charge is -2.28. The second-order valence-corrected chi connectivity index (χ2v) is 6.67. The number of carbonyl (C=O) groups excluding carboxylic acids is 1. The van der Waals surface area contributed by atoms with Crippen molar-refractivity contribution < 1.29 is 14.3 Å². The molecule has 0 saturated carbocycles. The van der Waals surface area contributed by atoms with Crippen LogP contribution in [0.25, 0.3) is 0 Å². The fraction of sp³-hybridized carbons (Fsp3) is 0.238. The first kappa shape index (κ1) is 19.8. The van der Waals surface area contributed by atoms with Gasteiger partial charge in [0.05, 0.1) is 12.3 Å². The van der Waals surface area contributed by atoms with Crippen molar-refractivity contribution in [3.63, 3.8) is 0 Å². The fourth-order valence-corrected chi connectivity index (χ4v) is 2.71. The number of nitrogens with zero attached hydrogens (tertiary/aromatic N) is 2. The Balaban J connectivity index is 1.82. The van der Waals surface area contributed by atoms with Crippen molar-refractivity contribution in [3.05, 3.63) is 71.6 Å². The summed E-state index contributed by atoms with van der Waals surface area (Å²) in [6, 6.07) is 16.0. The molecule has 146 valence electrons. The van der Waals surface area contributed by atoms with Gasteiger partial charge in [-0.05, 0) is 48.9 Å². The van der Waals surface area contributed by atoms with E-state index in [4.69, 9.17) is 26.8 Å². The van der Waals surface area contributed by atoms with E-state index < -0.39 is 11.9 Å². The van der Waals surface area contributed by atoms with Crippen LogP contribution in [0.1, 0.15) is 19.8 Å². The van der Waals surface area contributed by atoms with Crippen LogP contribution in [0.4, 0.5) is 5.69 Å². The number of benzene rings is 2. The molecule has 1 heterocycles. The molecule has 1 aliphatic rings. The molecule has 0 amide bonds. The predicted molar refractivity (Wildman–Crippen MR) is 110 cm³/mol. The molecule has 0 aromatic heterocycles. The van der Waals surface area contributed by atoms with Gasteiger partial charge in [0.15, 0.2) is 0 Å². The first-order chi connectivity index (χ1) is 13.6. The summed E-state index contributed by atoms with van der Waals surface area (Å²) in [5.41, 5.74) is 6.88. The van der Waals surface area contributed by atoms with Gasteiger partial charge >= 0.3 is 5.97 Å². The van der Waals surface area contributed by atoms with Crippen LogP contribution in [0.2, 0.25) is 5.02 Å². The Hall–Kier alpha value is -2.99. The first-order valence-corrected chi connectivity index (χ1v) is 9.47. The van der Waals surface area contributed by atoms with E-state index >= 15 is 0 Å². The molecule has 0 bridgehead atoms. The van der Waals surface area contributed by atoms with Gasteiger partial charge in [-0.1, -0.05) is 43.1 Å². The quantitative estimate of drug-likeness (QED) is 0.426. The molecule has 1 unspecified atom stereocenters. The van der Waals surface area contributed by atoms with Crippen LogP contribution in [-0.4, -0.2) is 18.4 Å². The number of halogens is 1. The summed E-state index contributed by atoms with van der Waals surface area (Å²) < 4.78 is 11.3. The Bertz CT molecular complexity index is 866. The van der Waals surface area contributed by atoms with E-state index in [1.807, 2.05) is 30.3 Å². The largest absolute Gasteiger partial charge is 0.478 e. The molecule has 1 atom stereocenters.